The van der Waals surface area contributed by atoms with Crippen molar-refractivity contribution in [1.82, 2.24) is 4.90 Å². The van der Waals surface area contributed by atoms with Gasteiger partial charge in [0, 0.05) is 48.0 Å². The lowest BCUT2D eigenvalue weighted by atomic mass is 10.1. The zero-order valence-corrected chi connectivity index (χ0v) is 19.9. The van der Waals surface area contributed by atoms with Gasteiger partial charge in [-0.1, -0.05) is 30.3 Å². The number of amidine groups is 2. The van der Waals surface area contributed by atoms with Crippen molar-refractivity contribution >= 4 is 29.0 Å². The maximum absolute atomic E-state index is 13.3. The summed E-state index contributed by atoms with van der Waals surface area (Å²) >= 11 is 0. The molecule has 2 atom stereocenters. The molecule has 11 heteroatoms. The molecule has 190 valence electrons. The minimum Gasteiger partial charge on any atom is -0.489 e. The van der Waals surface area contributed by atoms with E-state index >= 15 is 0 Å². The first-order valence-electron chi connectivity index (χ1n) is 11.5. The highest BCUT2D eigenvalue weighted by atomic mass is 16.6. The number of amides is 1. The molecule has 0 radical (unpaired) electrons. The largest absolute Gasteiger partial charge is 0.489 e. The lowest BCUT2D eigenvalue weighted by Crippen LogP contribution is -2.39. The number of nitrogens with zero attached hydrogens (tertiary/aromatic N) is 2. The van der Waals surface area contributed by atoms with E-state index < -0.39 is 11.0 Å². The van der Waals surface area contributed by atoms with E-state index in [1.54, 1.807) is 66.7 Å². The number of hydrogen-bond acceptors (Lipinski definition) is 7. The minimum absolute atomic E-state index is 0.0139. The molecule has 1 aliphatic rings. The molecular weight excluding hydrogens is 474 g/mol. The van der Waals surface area contributed by atoms with Gasteiger partial charge >= 0.3 is 0 Å². The van der Waals surface area contributed by atoms with Crippen LogP contribution in [-0.2, 0) is 11.3 Å². The lowest BCUT2D eigenvalue weighted by molar-refractivity contribution is -0.385. The molecule has 1 saturated heterocycles. The molecule has 0 aromatic heterocycles. The Hall–Kier alpha value is -4.77. The number of nitro benzene ring substituents is 1. The number of rotatable bonds is 9. The highest BCUT2D eigenvalue weighted by molar-refractivity contribution is 5.97. The van der Waals surface area contributed by atoms with Gasteiger partial charge in [0.2, 0.25) is 5.91 Å². The summed E-state index contributed by atoms with van der Waals surface area (Å²) < 4.78 is 6.14. The molecule has 1 fully saturated rings. The van der Waals surface area contributed by atoms with E-state index in [4.69, 9.17) is 27.0 Å². The van der Waals surface area contributed by atoms with Crippen LogP contribution in [0.15, 0.2) is 72.8 Å². The summed E-state index contributed by atoms with van der Waals surface area (Å²) in [5.41, 5.74) is 13.2. The van der Waals surface area contributed by atoms with Crippen molar-refractivity contribution in [3.63, 3.8) is 0 Å². The molecule has 3 aromatic rings. The first kappa shape index (κ1) is 25.3. The van der Waals surface area contributed by atoms with Gasteiger partial charge in [-0.2, -0.15) is 0 Å². The number of nitro groups is 1. The third-order valence-electron chi connectivity index (χ3n) is 6.14. The van der Waals surface area contributed by atoms with Crippen LogP contribution in [0.1, 0.15) is 23.1 Å². The molecular formula is C26H27N7O4. The van der Waals surface area contributed by atoms with Crippen LogP contribution in [0, 0.1) is 20.9 Å². The maximum atomic E-state index is 13.3. The van der Waals surface area contributed by atoms with Crippen LogP contribution in [0.5, 0.6) is 5.75 Å². The molecule has 1 amide bonds. The molecule has 4 rings (SSSR count). The van der Waals surface area contributed by atoms with Crippen LogP contribution in [0.4, 0.5) is 11.4 Å². The SMILES string of the molecule is N=C(N)c1ccc(NC(=O)[C@@H]2CC(Oc3cccc(C(=N)N)c3)CN2Cc2ccccc2[N+](=O)[O-])cc1. The Balaban J connectivity index is 1.56. The summed E-state index contributed by atoms with van der Waals surface area (Å²) in [5.74, 6) is 0.0861. The number of carbonyl (C=O) groups is 1. The van der Waals surface area contributed by atoms with Crippen LogP contribution in [0.25, 0.3) is 0 Å². The van der Waals surface area contributed by atoms with Crippen LogP contribution >= 0.6 is 0 Å². The quantitative estimate of drug-likeness (QED) is 0.129. The molecule has 0 saturated carbocycles. The van der Waals surface area contributed by atoms with E-state index in [2.05, 4.69) is 5.32 Å². The van der Waals surface area contributed by atoms with Gasteiger partial charge in [0.05, 0.1) is 11.0 Å². The van der Waals surface area contributed by atoms with Crippen LogP contribution in [0.2, 0.25) is 0 Å². The van der Waals surface area contributed by atoms with E-state index in [1.807, 2.05) is 4.90 Å². The average molecular weight is 502 g/mol. The summed E-state index contributed by atoms with van der Waals surface area (Å²) in [7, 11) is 0. The van der Waals surface area contributed by atoms with Crippen molar-refractivity contribution in [2.45, 2.75) is 25.1 Å². The van der Waals surface area contributed by atoms with Gasteiger partial charge in [0.25, 0.3) is 5.69 Å². The molecule has 3 aromatic carbocycles. The number of benzene rings is 3. The van der Waals surface area contributed by atoms with Crippen molar-refractivity contribution < 1.29 is 14.5 Å². The molecule has 0 bridgehead atoms. The Bertz CT molecular complexity index is 1340. The fourth-order valence-corrected chi connectivity index (χ4v) is 4.32. The molecule has 1 heterocycles. The van der Waals surface area contributed by atoms with Gasteiger partial charge in [-0.25, -0.2) is 0 Å². The molecule has 0 aliphatic carbocycles. The topological polar surface area (TPSA) is 184 Å². The summed E-state index contributed by atoms with van der Waals surface area (Å²) in [4.78, 5) is 26.3. The second kappa shape index (κ2) is 10.9. The fraction of sp³-hybridized carbons (Fsp3) is 0.192. The van der Waals surface area contributed by atoms with E-state index in [9.17, 15) is 14.9 Å². The van der Waals surface area contributed by atoms with E-state index in [-0.39, 0.29) is 35.9 Å². The van der Waals surface area contributed by atoms with Crippen molar-refractivity contribution in [3.8, 4) is 5.75 Å². The van der Waals surface area contributed by atoms with Crippen LogP contribution in [-0.4, -0.2) is 46.1 Å². The van der Waals surface area contributed by atoms with Crippen LogP contribution < -0.4 is 21.5 Å². The molecule has 1 aliphatic heterocycles. The first-order valence-corrected chi connectivity index (χ1v) is 11.5. The van der Waals surface area contributed by atoms with Crippen molar-refractivity contribution in [2.24, 2.45) is 11.5 Å². The fourth-order valence-electron chi connectivity index (χ4n) is 4.32. The number of likely N-dealkylation sites (tertiary alicyclic amines) is 1. The number of nitrogen functional groups attached to an aromatic ring is 2. The number of ether oxygens (including phenoxy) is 1. The third kappa shape index (κ3) is 6.08. The first-order chi connectivity index (χ1) is 17.7. The Morgan fingerprint density at radius 1 is 1.03 bits per heavy atom. The molecule has 0 spiro atoms. The number of nitrogens with two attached hydrogens (primary N) is 2. The van der Waals surface area contributed by atoms with Crippen molar-refractivity contribution in [1.29, 1.82) is 10.8 Å². The number of nitrogens with one attached hydrogen (secondary N) is 3. The van der Waals surface area contributed by atoms with Gasteiger partial charge in [-0.05, 0) is 36.4 Å². The third-order valence-corrected chi connectivity index (χ3v) is 6.14. The highest BCUT2D eigenvalue weighted by Gasteiger charge is 2.39. The summed E-state index contributed by atoms with van der Waals surface area (Å²) in [6.45, 7) is 0.545. The number of anilines is 1. The summed E-state index contributed by atoms with van der Waals surface area (Å²) in [5, 5.41) is 29.6. The smallest absolute Gasteiger partial charge is 0.273 e. The Labute approximate surface area is 213 Å². The maximum Gasteiger partial charge on any atom is 0.273 e. The second-order valence-corrected chi connectivity index (χ2v) is 8.73. The molecule has 1 unspecified atom stereocenters. The lowest BCUT2D eigenvalue weighted by Gasteiger charge is -2.23. The average Bonchev–Trinajstić information content (AvgIpc) is 3.26. The Kier molecular flexibility index (Phi) is 7.44. The minimum atomic E-state index is -0.617. The molecule has 7 N–H and O–H groups in total. The van der Waals surface area contributed by atoms with E-state index in [1.165, 1.54) is 6.07 Å². The summed E-state index contributed by atoms with van der Waals surface area (Å²) in [6, 6.07) is 19.3. The van der Waals surface area contributed by atoms with Crippen LogP contribution in [0.3, 0.4) is 0 Å². The van der Waals surface area contributed by atoms with Gasteiger partial charge in [-0.3, -0.25) is 30.6 Å². The summed E-state index contributed by atoms with van der Waals surface area (Å²) in [6.07, 6.45) is -0.0247. The van der Waals surface area contributed by atoms with Crippen molar-refractivity contribution in [2.75, 3.05) is 11.9 Å². The molecule has 11 nitrogen and oxygen atoms in total. The zero-order chi connectivity index (χ0) is 26.5. The molecule has 37 heavy (non-hydrogen) atoms. The van der Waals surface area contributed by atoms with Gasteiger partial charge in [-0.15, -0.1) is 0 Å². The van der Waals surface area contributed by atoms with Gasteiger partial charge in [0.1, 0.15) is 23.5 Å². The second-order valence-electron chi connectivity index (χ2n) is 8.73. The Morgan fingerprint density at radius 2 is 1.73 bits per heavy atom. The standard InChI is InChI=1S/C26H27N7O4/c27-24(28)16-8-10-19(11-9-16)31-26(34)23-13-21(37-20-6-3-5-17(12-20)25(29)30)15-32(23)14-18-4-1-2-7-22(18)33(35)36/h1-12,21,23H,13-15H2,(H3,27,28)(H3,29,30)(H,31,34)/t21?,23-/m0/s1. The van der Waals surface area contributed by atoms with Gasteiger partial charge < -0.3 is 21.5 Å². The normalized spacial score (nSPS) is 17.2. The Morgan fingerprint density at radius 3 is 2.41 bits per heavy atom. The monoisotopic (exact) mass is 501 g/mol. The van der Waals surface area contributed by atoms with Crippen molar-refractivity contribution in [3.05, 3.63) is 99.6 Å². The number of carbonyl (C=O) groups excluding carboxylic acids is 1. The predicted octanol–water partition coefficient (Wildman–Crippen LogP) is 2.82. The van der Waals surface area contributed by atoms with E-state index in [0.29, 0.717) is 41.1 Å². The number of para-hydroxylation sites is 1. The van der Waals surface area contributed by atoms with E-state index in [0.717, 1.165) is 0 Å². The predicted molar refractivity (Wildman–Crippen MR) is 140 cm³/mol. The van der Waals surface area contributed by atoms with Gasteiger partial charge in [0.15, 0.2) is 0 Å². The number of hydrogen-bond donors (Lipinski definition) is 5. The highest BCUT2D eigenvalue weighted by Crippen LogP contribution is 2.29. The zero-order valence-electron chi connectivity index (χ0n) is 19.9.